The quantitative estimate of drug-likeness (QED) is 0.883. The largest absolute Gasteiger partial charge is 0.365 e. The number of nitrogens with one attached hydrogen (secondary N) is 1. The molecule has 2 heterocycles. The van der Waals surface area contributed by atoms with Crippen molar-refractivity contribution in [3.63, 3.8) is 0 Å². The van der Waals surface area contributed by atoms with Gasteiger partial charge in [0.25, 0.3) is 0 Å². The summed E-state index contributed by atoms with van der Waals surface area (Å²) < 4.78 is 8.19. The monoisotopic (exact) mass is 250 g/mol. The summed E-state index contributed by atoms with van der Waals surface area (Å²) in [6.45, 7) is 4.59. The van der Waals surface area contributed by atoms with E-state index in [9.17, 15) is 0 Å². The van der Waals surface area contributed by atoms with E-state index in [1.165, 1.54) is 32.1 Å². The molecule has 1 aliphatic carbocycles. The van der Waals surface area contributed by atoms with Crippen LogP contribution in [-0.2, 0) is 11.3 Å². The van der Waals surface area contributed by atoms with Gasteiger partial charge in [-0.15, -0.1) is 10.2 Å². The van der Waals surface area contributed by atoms with Gasteiger partial charge < -0.3 is 14.6 Å². The van der Waals surface area contributed by atoms with Crippen LogP contribution in [0.4, 0.5) is 0 Å². The minimum Gasteiger partial charge on any atom is -0.365 e. The smallest absolute Gasteiger partial charge is 0.159 e. The third-order valence-corrected chi connectivity index (χ3v) is 4.16. The second-order valence-corrected chi connectivity index (χ2v) is 5.79. The Balaban J connectivity index is 1.63. The highest BCUT2D eigenvalue weighted by molar-refractivity contribution is 4.93. The van der Waals surface area contributed by atoms with Crippen molar-refractivity contribution in [1.29, 1.82) is 0 Å². The standard InChI is InChI=1S/C13H22N4O/c1-13(8-14-9-13)18-7-12-16-15-10-17(12)11-5-3-2-4-6-11/h10-11,14H,2-9H2,1H3. The maximum Gasteiger partial charge on any atom is 0.159 e. The summed E-state index contributed by atoms with van der Waals surface area (Å²) in [6, 6.07) is 0.583. The molecule has 3 rings (SSSR count). The van der Waals surface area contributed by atoms with Gasteiger partial charge >= 0.3 is 0 Å². The van der Waals surface area contributed by atoms with Gasteiger partial charge in [0.15, 0.2) is 5.82 Å². The molecule has 1 N–H and O–H groups in total. The van der Waals surface area contributed by atoms with Crippen LogP contribution in [0, 0.1) is 0 Å². The third-order valence-electron chi connectivity index (χ3n) is 4.16. The Morgan fingerprint density at radius 2 is 2.17 bits per heavy atom. The fourth-order valence-electron chi connectivity index (χ4n) is 2.85. The second kappa shape index (κ2) is 4.97. The van der Waals surface area contributed by atoms with Gasteiger partial charge in [-0.3, -0.25) is 0 Å². The number of aromatic nitrogens is 3. The van der Waals surface area contributed by atoms with Crippen molar-refractivity contribution in [2.75, 3.05) is 13.1 Å². The Morgan fingerprint density at radius 3 is 2.83 bits per heavy atom. The lowest BCUT2D eigenvalue weighted by Gasteiger charge is -2.39. The van der Waals surface area contributed by atoms with Gasteiger partial charge in [-0.2, -0.15) is 0 Å². The molecule has 0 radical (unpaired) electrons. The third kappa shape index (κ3) is 2.42. The lowest BCUT2D eigenvalue weighted by Crippen LogP contribution is -2.58. The van der Waals surface area contributed by atoms with Crippen LogP contribution in [0.15, 0.2) is 6.33 Å². The normalized spacial score (nSPS) is 23.8. The summed E-state index contributed by atoms with van der Waals surface area (Å²) in [5, 5.41) is 11.5. The Kier molecular flexibility index (Phi) is 3.35. The van der Waals surface area contributed by atoms with Gasteiger partial charge in [-0.1, -0.05) is 19.3 Å². The molecule has 1 saturated carbocycles. The van der Waals surface area contributed by atoms with E-state index in [4.69, 9.17) is 4.74 Å². The second-order valence-electron chi connectivity index (χ2n) is 5.79. The zero-order valence-corrected chi connectivity index (χ0v) is 11.1. The molecular formula is C13H22N4O. The van der Waals surface area contributed by atoms with Gasteiger partial charge in [-0.05, 0) is 19.8 Å². The van der Waals surface area contributed by atoms with E-state index in [1.54, 1.807) is 0 Å². The average molecular weight is 250 g/mol. The predicted octanol–water partition coefficient (Wildman–Crippen LogP) is 1.66. The molecule has 0 aromatic carbocycles. The Hall–Kier alpha value is -0.940. The van der Waals surface area contributed by atoms with E-state index in [-0.39, 0.29) is 5.60 Å². The molecule has 0 atom stereocenters. The van der Waals surface area contributed by atoms with Crippen LogP contribution in [0.3, 0.4) is 0 Å². The fourth-order valence-corrected chi connectivity index (χ4v) is 2.85. The molecule has 2 fully saturated rings. The Labute approximate surface area is 108 Å². The van der Waals surface area contributed by atoms with Gasteiger partial charge in [-0.25, -0.2) is 0 Å². The molecule has 1 saturated heterocycles. The maximum absolute atomic E-state index is 5.96. The molecule has 18 heavy (non-hydrogen) atoms. The molecule has 5 nitrogen and oxygen atoms in total. The van der Waals surface area contributed by atoms with E-state index in [1.807, 2.05) is 6.33 Å². The number of ether oxygens (including phenoxy) is 1. The van der Waals surface area contributed by atoms with E-state index in [2.05, 4.69) is 27.0 Å². The predicted molar refractivity (Wildman–Crippen MR) is 68.2 cm³/mol. The van der Waals surface area contributed by atoms with Gasteiger partial charge in [0.1, 0.15) is 12.9 Å². The first-order valence-corrected chi connectivity index (χ1v) is 7.00. The molecular weight excluding hydrogens is 228 g/mol. The molecule has 1 aliphatic heterocycles. The van der Waals surface area contributed by atoms with Crippen molar-refractivity contribution < 1.29 is 4.74 Å². The van der Waals surface area contributed by atoms with E-state index < -0.39 is 0 Å². The summed E-state index contributed by atoms with van der Waals surface area (Å²) in [5.41, 5.74) is -0.0106. The first-order valence-electron chi connectivity index (χ1n) is 7.00. The highest BCUT2D eigenvalue weighted by atomic mass is 16.5. The average Bonchev–Trinajstić information content (AvgIpc) is 2.83. The number of hydrogen-bond acceptors (Lipinski definition) is 4. The number of rotatable bonds is 4. The minimum absolute atomic E-state index is 0.0106. The maximum atomic E-state index is 5.96. The molecule has 100 valence electrons. The molecule has 2 aliphatic rings. The van der Waals surface area contributed by atoms with Crippen molar-refractivity contribution in [3.05, 3.63) is 12.2 Å². The van der Waals surface area contributed by atoms with Gasteiger partial charge in [0.05, 0.1) is 5.60 Å². The van der Waals surface area contributed by atoms with Crippen LogP contribution in [0.1, 0.15) is 50.9 Å². The topological polar surface area (TPSA) is 52.0 Å². The minimum atomic E-state index is -0.0106. The van der Waals surface area contributed by atoms with Crippen LogP contribution in [0.5, 0.6) is 0 Å². The van der Waals surface area contributed by atoms with Crippen molar-refractivity contribution in [1.82, 2.24) is 20.1 Å². The van der Waals surface area contributed by atoms with Crippen LogP contribution in [0.2, 0.25) is 0 Å². The van der Waals surface area contributed by atoms with Crippen LogP contribution in [-0.4, -0.2) is 33.5 Å². The summed E-state index contributed by atoms with van der Waals surface area (Å²) in [7, 11) is 0. The van der Waals surface area contributed by atoms with Crippen molar-refractivity contribution in [3.8, 4) is 0 Å². The highest BCUT2D eigenvalue weighted by Crippen LogP contribution is 2.29. The molecule has 0 spiro atoms. The zero-order chi connectivity index (χ0) is 12.4. The first kappa shape index (κ1) is 12.1. The summed E-state index contributed by atoms with van der Waals surface area (Å²) in [5.74, 6) is 0.982. The first-order chi connectivity index (χ1) is 8.77. The van der Waals surface area contributed by atoms with E-state index >= 15 is 0 Å². The molecule has 5 heteroatoms. The van der Waals surface area contributed by atoms with Gasteiger partial charge in [0, 0.05) is 19.1 Å². The zero-order valence-electron chi connectivity index (χ0n) is 11.1. The summed E-state index contributed by atoms with van der Waals surface area (Å²) in [6.07, 6.45) is 8.40. The van der Waals surface area contributed by atoms with Crippen LogP contribution in [0.25, 0.3) is 0 Å². The lowest BCUT2D eigenvalue weighted by molar-refractivity contribution is -0.0802. The fraction of sp³-hybridized carbons (Fsp3) is 0.846. The molecule has 0 unspecified atom stereocenters. The van der Waals surface area contributed by atoms with Crippen molar-refractivity contribution in [2.45, 2.75) is 57.3 Å². The van der Waals surface area contributed by atoms with Crippen LogP contribution >= 0.6 is 0 Å². The van der Waals surface area contributed by atoms with E-state index in [0.717, 1.165) is 18.9 Å². The summed E-state index contributed by atoms with van der Waals surface area (Å²) >= 11 is 0. The lowest BCUT2D eigenvalue weighted by atomic mass is 9.95. The Bertz CT molecular complexity index is 393. The SMILES string of the molecule is CC1(OCc2nncn2C2CCCCC2)CNC1. The van der Waals surface area contributed by atoms with Crippen LogP contribution < -0.4 is 5.32 Å². The van der Waals surface area contributed by atoms with Gasteiger partial charge in [0.2, 0.25) is 0 Å². The van der Waals surface area contributed by atoms with Crippen molar-refractivity contribution >= 4 is 0 Å². The molecule has 0 amide bonds. The highest BCUT2D eigenvalue weighted by Gasteiger charge is 2.33. The van der Waals surface area contributed by atoms with E-state index in [0.29, 0.717) is 12.6 Å². The Morgan fingerprint density at radius 1 is 1.39 bits per heavy atom. The molecule has 1 aromatic rings. The molecule has 0 bridgehead atoms. The number of nitrogens with zero attached hydrogens (tertiary/aromatic N) is 3. The summed E-state index contributed by atoms with van der Waals surface area (Å²) in [4.78, 5) is 0. The number of hydrogen-bond donors (Lipinski definition) is 1. The van der Waals surface area contributed by atoms with Crippen molar-refractivity contribution in [2.24, 2.45) is 0 Å². The molecule has 1 aromatic heterocycles.